The van der Waals surface area contributed by atoms with Crippen LogP contribution in [0.25, 0.3) is 11.1 Å². The summed E-state index contributed by atoms with van der Waals surface area (Å²) in [7, 11) is 2.42. The maximum atomic E-state index is 13.7. The molecule has 2 atom stereocenters. The summed E-state index contributed by atoms with van der Waals surface area (Å²) in [5, 5.41) is 0.611. The SMILES string of the molecule is CCC(CCC(C)C)c1ccc(-c2ccc(P)c(F)c2)cc1. The highest BCUT2D eigenvalue weighted by atomic mass is 31.0. The van der Waals surface area contributed by atoms with Crippen molar-refractivity contribution in [3.8, 4) is 11.1 Å². The summed E-state index contributed by atoms with van der Waals surface area (Å²) in [6.45, 7) is 6.81. The Morgan fingerprint density at radius 3 is 2.14 bits per heavy atom. The zero-order chi connectivity index (χ0) is 16.1. The third-order valence-corrected chi connectivity index (χ3v) is 4.77. The highest BCUT2D eigenvalue weighted by molar-refractivity contribution is 7.27. The van der Waals surface area contributed by atoms with E-state index in [4.69, 9.17) is 0 Å². The van der Waals surface area contributed by atoms with Crippen LogP contribution in [0.1, 0.15) is 51.5 Å². The number of halogens is 1. The van der Waals surface area contributed by atoms with Crippen LogP contribution in [0.15, 0.2) is 42.5 Å². The van der Waals surface area contributed by atoms with Gasteiger partial charge in [0.2, 0.25) is 0 Å². The number of benzene rings is 2. The van der Waals surface area contributed by atoms with Crippen molar-refractivity contribution in [1.29, 1.82) is 0 Å². The van der Waals surface area contributed by atoms with Crippen LogP contribution in [-0.2, 0) is 0 Å². The van der Waals surface area contributed by atoms with E-state index in [1.807, 2.05) is 6.07 Å². The van der Waals surface area contributed by atoms with Crippen LogP contribution in [0.4, 0.5) is 4.39 Å². The minimum absolute atomic E-state index is 0.171. The fourth-order valence-electron chi connectivity index (χ4n) is 2.80. The van der Waals surface area contributed by atoms with Gasteiger partial charge in [0.1, 0.15) is 5.82 Å². The maximum Gasteiger partial charge on any atom is 0.130 e. The van der Waals surface area contributed by atoms with Gasteiger partial charge in [-0.3, -0.25) is 0 Å². The predicted molar refractivity (Wildman–Crippen MR) is 98.3 cm³/mol. The lowest BCUT2D eigenvalue weighted by Crippen LogP contribution is -2.00. The van der Waals surface area contributed by atoms with Gasteiger partial charge in [-0.05, 0) is 47.4 Å². The Labute approximate surface area is 136 Å². The molecule has 0 heterocycles. The van der Waals surface area contributed by atoms with Crippen molar-refractivity contribution < 1.29 is 4.39 Å². The van der Waals surface area contributed by atoms with Crippen molar-refractivity contribution in [2.24, 2.45) is 5.92 Å². The zero-order valence-electron chi connectivity index (χ0n) is 13.8. The van der Waals surface area contributed by atoms with Crippen molar-refractivity contribution in [2.45, 2.75) is 46.0 Å². The molecule has 0 radical (unpaired) electrons. The Hall–Kier alpha value is -1.20. The average molecular weight is 316 g/mol. The summed E-state index contributed by atoms with van der Waals surface area (Å²) in [5.41, 5.74) is 3.41. The van der Waals surface area contributed by atoms with Crippen LogP contribution in [0.3, 0.4) is 0 Å². The van der Waals surface area contributed by atoms with E-state index in [2.05, 4.69) is 54.3 Å². The highest BCUT2D eigenvalue weighted by Gasteiger charge is 2.11. The summed E-state index contributed by atoms with van der Waals surface area (Å²) in [6.07, 6.45) is 3.67. The van der Waals surface area contributed by atoms with Crippen molar-refractivity contribution in [3.05, 3.63) is 53.8 Å². The van der Waals surface area contributed by atoms with Crippen LogP contribution in [0.5, 0.6) is 0 Å². The van der Waals surface area contributed by atoms with Crippen molar-refractivity contribution in [1.82, 2.24) is 0 Å². The molecular weight excluding hydrogens is 290 g/mol. The zero-order valence-corrected chi connectivity index (χ0v) is 14.9. The molecule has 0 bridgehead atoms. The Balaban J connectivity index is 2.16. The third kappa shape index (κ3) is 4.40. The van der Waals surface area contributed by atoms with Gasteiger partial charge < -0.3 is 0 Å². The molecule has 22 heavy (non-hydrogen) atoms. The molecule has 0 aliphatic rings. The van der Waals surface area contributed by atoms with Crippen molar-refractivity contribution >= 4 is 14.5 Å². The Morgan fingerprint density at radius 1 is 0.955 bits per heavy atom. The van der Waals surface area contributed by atoms with E-state index in [0.717, 1.165) is 17.0 Å². The molecule has 2 heteroatoms. The molecule has 0 nitrogen and oxygen atoms in total. The van der Waals surface area contributed by atoms with Crippen LogP contribution in [0, 0.1) is 11.7 Å². The second kappa shape index (κ2) is 7.88. The van der Waals surface area contributed by atoms with Crippen LogP contribution in [-0.4, -0.2) is 0 Å². The van der Waals surface area contributed by atoms with Gasteiger partial charge in [0.05, 0.1) is 0 Å². The molecule has 2 aromatic rings. The molecule has 2 unspecified atom stereocenters. The first-order valence-electron chi connectivity index (χ1n) is 8.16. The first kappa shape index (κ1) is 17.2. The number of rotatable bonds is 6. The second-order valence-electron chi connectivity index (χ2n) is 6.43. The lowest BCUT2D eigenvalue weighted by molar-refractivity contribution is 0.492. The third-order valence-electron chi connectivity index (χ3n) is 4.30. The molecule has 118 valence electrons. The van der Waals surface area contributed by atoms with Gasteiger partial charge in [-0.1, -0.05) is 63.6 Å². The molecule has 0 aliphatic carbocycles. The Kier molecular flexibility index (Phi) is 6.15. The number of hydrogen-bond donors (Lipinski definition) is 0. The molecular formula is C20H26FP. The van der Waals surface area contributed by atoms with Gasteiger partial charge in [0, 0.05) is 5.30 Å². The van der Waals surface area contributed by atoms with Crippen LogP contribution < -0.4 is 5.30 Å². The molecule has 0 saturated heterocycles. The van der Waals surface area contributed by atoms with Crippen molar-refractivity contribution in [3.63, 3.8) is 0 Å². The molecule has 2 rings (SSSR count). The number of hydrogen-bond acceptors (Lipinski definition) is 0. The summed E-state index contributed by atoms with van der Waals surface area (Å²) < 4.78 is 13.7. The summed E-state index contributed by atoms with van der Waals surface area (Å²) in [4.78, 5) is 0. The predicted octanol–water partition coefficient (Wildman–Crippen LogP) is 5.92. The fourth-order valence-corrected chi connectivity index (χ4v) is 2.98. The lowest BCUT2D eigenvalue weighted by atomic mass is 9.88. The second-order valence-corrected chi connectivity index (χ2v) is 7.06. The van der Waals surface area contributed by atoms with Gasteiger partial charge in [-0.25, -0.2) is 4.39 Å². The highest BCUT2D eigenvalue weighted by Crippen LogP contribution is 2.29. The van der Waals surface area contributed by atoms with E-state index in [0.29, 0.717) is 11.2 Å². The van der Waals surface area contributed by atoms with Crippen molar-refractivity contribution in [2.75, 3.05) is 0 Å². The van der Waals surface area contributed by atoms with E-state index in [-0.39, 0.29) is 5.82 Å². The quantitative estimate of drug-likeness (QED) is 0.580. The first-order valence-corrected chi connectivity index (χ1v) is 8.74. The first-order chi connectivity index (χ1) is 10.5. The standard InChI is InChI=1S/C20H26FP/c1-4-15(6-5-14(2)3)16-7-9-17(10-8-16)18-11-12-20(22)19(21)13-18/h7-15H,4-6,22H2,1-3H3. The molecule has 0 N–H and O–H groups in total. The molecule has 0 fully saturated rings. The summed E-state index contributed by atoms with van der Waals surface area (Å²) in [6, 6.07) is 14.0. The topological polar surface area (TPSA) is 0 Å². The van der Waals surface area contributed by atoms with Gasteiger partial charge in [0.15, 0.2) is 0 Å². The summed E-state index contributed by atoms with van der Waals surface area (Å²) >= 11 is 0. The van der Waals surface area contributed by atoms with E-state index < -0.39 is 0 Å². The van der Waals surface area contributed by atoms with E-state index in [9.17, 15) is 4.39 Å². The molecule has 0 amide bonds. The minimum Gasteiger partial charge on any atom is -0.206 e. The smallest absolute Gasteiger partial charge is 0.130 e. The van der Waals surface area contributed by atoms with E-state index in [1.165, 1.54) is 24.8 Å². The normalized spacial score (nSPS) is 12.6. The van der Waals surface area contributed by atoms with E-state index in [1.54, 1.807) is 12.1 Å². The molecule has 0 aromatic heterocycles. The monoisotopic (exact) mass is 316 g/mol. The molecule has 2 aromatic carbocycles. The maximum absolute atomic E-state index is 13.7. The van der Waals surface area contributed by atoms with E-state index >= 15 is 0 Å². The fraction of sp³-hybridized carbons (Fsp3) is 0.400. The van der Waals surface area contributed by atoms with Gasteiger partial charge in [0.25, 0.3) is 0 Å². The van der Waals surface area contributed by atoms with Gasteiger partial charge >= 0.3 is 0 Å². The largest absolute Gasteiger partial charge is 0.206 e. The minimum atomic E-state index is -0.171. The summed E-state index contributed by atoms with van der Waals surface area (Å²) in [5.74, 6) is 1.21. The Bertz CT molecular complexity index is 602. The molecule has 0 aliphatic heterocycles. The lowest BCUT2D eigenvalue weighted by Gasteiger charge is -2.17. The van der Waals surface area contributed by atoms with Gasteiger partial charge in [-0.15, -0.1) is 9.24 Å². The van der Waals surface area contributed by atoms with Gasteiger partial charge in [-0.2, -0.15) is 0 Å². The van der Waals surface area contributed by atoms with Crippen LogP contribution >= 0.6 is 9.24 Å². The molecule has 0 spiro atoms. The molecule has 0 saturated carbocycles. The van der Waals surface area contributed by atoms with Crippen LogP contribution in [0.2, 0.25) is 0 Å². The average Bonchev–Trinajstić information content (AvgIpc) is 2.51. The Morgan fingerprint density at radius 2 is 1.59 bits per heavy atom.